The van der Waals surface area contributed by atoms with E-state index in [1.165, 1.54) is 10.8 Å². The quantitative estimate of drug-likeness (QED) is 0.801. The summed E-state index contributed by atoms with van der Waals surface area (Å²) < 4.78 is 1.24. The smallest absolute Gasteiger partial charge is 0.328 e. The Morgan fingerprint density at radius 3 is 2.83 bits per heavy atom. The van der Waals surface area contributed by atoms with Gasteiger partial charge in [0, 0.05) is 30.3 Å². The molecule has 0 aromatic carbocycles. The number of rotatable bonds is 2. The van der Waals surface area contributed by atoms with Crippen molar-refractivity contribution in [2.75, 3.05) is 13.1 Å². The van der Waals surface area contributed by atoms with Gasteiger partial charge < -0.3 is 10.0 Å². The van der Waals surface area contributed by atoms with Crippen LogP contribution in [0.15, 0.2) is 15.8 Å². The summed E-state index contributed by atoms with van der Waals surface area (Å²) in [6.45, 7) is 2.74. The second-order valence-corrected chi connectivity index (χ2v) is 6.89. The molecule has 7 heteroatoms. The monoisotopic (exact) mass is 321 g/mol. The summed E-state index contributed by atoms with van der Waals surface area (Å²) in [5, 5.41) is 10.3. The average molecular weight is 321 g/mol. The maximum Gasteiger partial charge on any atom is 0.328 e. The van der Waals surface area contributed by atoms with Gasteiger partial charge in [0.1, 0.15) is 6.54 Å². The zero-order valence-electron chi connectivity index (χ0n) is 13.4. The van der Waals surface area contributed by atoms with Gasteiger partial charge in [-0.1, -0.05) is 6.42 Å². The van der Waals surface area contributed by atoms with Crippen molar-refractivity contribution in [2.24, 2.45) is 5.41 Å². The molecule has 1 aromatic rings. The summed E-state index contributed by atoms with van der Waals surface area (Å²) in [6, 6.07) is 0. The van der Waals surface area contributed by atoms with Crippen LogP contribution >= 0.6 is 0 Å². The fourth-order valence-corrected chi connectivity index (χ4v) is 3.95. The molecule has 1 aliphatic heterocycles. The number of aryl methyl sites for hydroxylation is 1. The number of aliphatic hydroxyl groups is 1. The second-order valence-electron chi connectivity index (χ2n) is 6.89. The predicted molar refractivity (Wildman–Crippen MR) is 84.2 cm³/mol. The van der Waals surface area contributed by atoms with Crippen molar-refractivity contribution in [3.05, 3.63) is 32.6 Å². The van der Waals surface area contributed by atoms with Gasteiger partial charge in [0.15, 0.2) is 0 Å². The maximum absolute atomic E-state index is 12.6. The fraction of sp³-hybridized carbons (Fsp3) is 0.688. The van der Waals surface area contributed by atoms with Gasteiger partial charge in [-0.25, -0.2) is 4.79 Å². The normalized spacial score (nSPS) is 27.6. The number of aliphatic hydroxyl groups excluding tert-OH is 1. The van der Waals surface area contributed by atoms with Crippen LogP contribution < -0.4 is 11.2 Å². The number of nitrogens with one attached hydrogen (secondary N) is 1. The molecule has 0 unspecified atom stereocenters. The van der Waals surface area contributed by atoms with Crippen LogP contribution in [0.1, 0.15) is 37.7 Å². The first-order valence-corrected chi connectivity index (χ1v) is 8.17. The molecule has 7 nitrogen and oxygen atoms in total. The van der Waals surface area contributed by atoms with Gasteiger partial charge in [0.25, 0.3) is 5.56 Å². The molecule has 2 fully saturated rings. The van der Waals surface area contributed by atoms with Gasteiger partial charge in [0.2, 0.25) is 5.91 Å². The third kappa shape index (κ3) is 2.97. The molecule has 2 heterocycles. The molecular formula is C16H23N3O4. The number of hydrogen-bond donors (Lipinski definition) is 2. The minimum absolute atomic E-state index is 0.0807. The highest BCUT2D eigenvalue weighted by molar-refractivity contribution is 5.76. The van der Waals surface area contributed by atoms with E-state index in [2.05, 4.69) is 4.98 Å². The van der Waals surface area contributed by atoms with Gasteiger partial charge in [0.05, 0.1) is 6.10 Å². The average Bonchev–Trinajstić information content (AvgIpc) is 2.85. The summed E-state index contributed by atoms with van der Waals surface area (Å²) in [5.41, 5.74) is -0.759. The largest absolute Gasteiger partial charge is 0.392 e. The Morgan fingerprint density at radius 1 is 1.39 bits per heavy atom. The minimum Gasteiger partial charge on any atom is -0.392 e. The molecule has 2 N–H and O–H groups in total. The highest BCUT2D eigenvalue weighted by Crippen LogP contribution is 2.44. The number of carbonyl (C=O) groups is 1. The molecule has 23 heavy (non-hydrogen) atoms. The van der Waals surface area contributed by atoms with Crippen LogP contribution in [-0.2, 0) is 11.3 Å². The SMILES string of the molecule is Cc1cn(CC(=O)N2CCC[C@@]3(CCC[C@H]3O)C2)c(=O)[nH]c1=O. The van der Waals surface area contributed by atoms with E-state index >= 15 is 0 Å². The van der Waals surface area contributed by atoms with Crippen molar-refractivity contribution in [3.8, 4) is 0 Å². The molecule has 1 saturated carbocycles. The van der Waals surface area contributed by atoms with Gasteiger partial charge in [-0.3, -0.25) is 19.1 Å². The summed E-state index contributed by atoms with van der Waals surface area (Å²) in [4.78, 5) is 39.7. The molecular weight excluding hydrogens is 298 g/mol. The molecule has 1 spiro atoms. The Kier molecular flexibility index (Phi) is 4.14. The molecule has 1 aliphatic carbocycles. The van der Waals surface area contributed by atoms with Crippen molar-refractivity contribution >= 4 is 5.91 Å². The topological polar surface area (TPSA) is 95.4 Å². The van der Waals surface area contributed by atoms with Crippen LogP contribution in [0.5, 0.6) is 0 Å². The lowest BCUT2D eigenvalue weighted by atomic mass is 9.76. The van der Waals surface area contributed by atoms with Crippen molar-refractivity contribution < 1.29 is 9.90 Å². The molecule has 1 amide bonds. The molecule has 2 aliphatic rings. The summed E-state index contributed by atoms with van der Waals surface area (Å²) in [7, 11) is 0. The summed E-state index contributed by atoms with van der Waals surface area (Å²) in [5.74, 6) is -0.142. The standard InChI is InChI=1S/C16H23N3O4/c1-11-8-19(15(23)17-14(11)22)9-13(21)18-7-3-6-16(10-18)5-2-4-12(16)20/h8,12,20H,2-7,9-10H2,1H3,(H,17,22,23)/t12-,16+/m1/s1. The maximum atomic E-state index is 12.6. The lowest BCUT2D eigenvalue weighted by Gasteiger charge is -2.42. The number of nitrogens with zero attached hydrogens (tertiary/aromatic N) is 2. The number of likely N-dealkylation sites (tertiary alicyclic amines) is 1. The van der Waals surface area contributed by atoms with Gasteiger partial charge in [-0.2, -0.15) is 0 Å². The number of piperidine rings is 1. The van der Waals surface area contributed by atoms with E-state index in [0.29, 0.717) is 18.7 Å². The first kappa shape index (κ1) is 16.0. The van der Waals surface area contributed by atoms with Gasteiger partial charge in [-0.05, 0) is 32.6 Å². The first-order chi connectivity index (χ1) is 10.9. The Bertz CT molecular complexity index is 723. The fourth-order valence-electron chi connectivity index (χ4n) is 3.95. The van der Waals surface area contributed by atoms with Crippen LogP contribution in [0.3, 0.4) is 0 Å². The molecule has 2 atom stereocenters. The van der Waals surface area contributed by atoms with Crippen molar-refractivity contribution in [1.82, 2.24) is 14.5 Å². The number of H-pyrrole nitrogens is 1. The molecule has 1 aromatic heterocycles. The van der Waals surface area contributed by atoms with Crippen LogP contribution in [0.25, 0.3) is 0 Å². The molecule has 0 radical (unpaired) electrons. The van der Waals surface area contributed by atoms with Crippen LogP contribution in [-0.4, -0.2) is 44.7 Å². The molecule has 126 valence electrons. The van der Waals surface area contributed by atoms with E-state index in [4.69, 9.17) is 0 Å². The number of aromatic amines is 1. The van der Waals surface area contributed by atoms with Crippen LogP contribution in [0.2, 0.25) is 0 Å². The van der Waals surface area contributed by atoms with E-state index in [-0.39, 0.29) is 24.0 Å². The lowest BCUT2D eigenvalue weighted by Crippen LogP contribution is -2.50. The van der Waals surface area contributed by atoms with E-state index in [9.17, 15) is 19.5 Å². The molecule has 3 rings (SSSR count). The Morgan fingerprint density at radius 2 is 2.13 bits per heavy atom. The minimum atomic E-state index is -0.568. The van der Waals surface area contributed by atoms with Gasteiger partial charge in [-0.15, -0.1) is 0 Å². The first-order valence-electron chi connectivity index (χ1n) is 8.17. The van der Waals surface area contributed by atoms with Gasteiger partial charge >= 0.3 is 5.69 Å². The lowest BCUT2D eigenvalue weighted by molar-refractivity contribution is -0.137. The summed E-state index contributed by atoms with van der Waals surface area (Å²) in [6.07, 6.45) is 5.68. The highest BCUT2D eigenvalue weighted by atomic mass is 16.3. The van der Waals surface area contributed by atoms with Crippen LogP contribution in [0, 0.1) is 12.3 Å². The Labute approximate surface area is 133 Å². The number of hydrogen-bond acceptors (Lipinski definition) is 4. The zero-order chi connectivity index (χ0) is 16.6. The second kappa shape index (κ2) is 5.96. The van der Waals surface area contributed by atoms with E-state index in [1.54, 1.807) is 11.8 Å². The summed E-state index contributed by atoms with van der Waals surface area (Å²) >= 11 is 0. The van der Waals surface area contributed by atoms with Crippen LogP contribution in [0.4, 0.5) is 0 Å². The number of carbonyl (C=O) groups excluding carboxylic acids is 1. The van der Waals surface area contributed by atoms with Crippen molar-refractivity contribution in [3.63, 3.8) is 0 Å². The van der Waals surface area contributed by atoms with Crippen molar-refractivity contribution in [2.45, 2.75) is 51.7 Å². The third-order valence-electron chi connectivity index (χ3n) is 5.31. The Balaban J connectivity index is 1.75. The molecule has 1 saturated heterocycles. The van der Waals surface area contributed by atoms with E-state index in [1.807, 2.05) is 0 Å². The van der Waals surface area contributed by atoms with E-state index < -0.39 is 11.2 Å². The van der Waals surface area contributed by atoms with Crippen molar-refractivity contribution in [1.29, 1.82) is 0 Å². The van der Waals surface area contributed by atoms with E-state index in [0.717, 1.165) is 32.1 Å². The number of amides is 1. The number of aromatic nitrogens is 2. The Hall–Kier alpha value is -1.89. The molecule has 0 bridgehead atoms. The predicted octanol–water partition coefficient (Wildman–Crippen LogP) is -0.00138. The highest BCUT2D eigenvalue weighted by Gasteiger charge is 2.45. The zero-order valence-corrected chi connectivity index (χ0v) is 13.4. The third-order valence-corrected chi connectivity index (χ3v) is 5.31.